The van der Waals surface area contributed by atoms with Crippen LogP contribution in [-0.4, -0.2) is 25.5 Å². The first-order chi connectivity index (χ1) is 13.2. The molecule has 0 unspecified atom stereocenters. The second-order valence-electron chi connectivity index (χ2n) is 6.25. The summed E-state index contributed by atoms with van der Waals surface area (Å²) in [7, 11) is 0. The lowest BCUT2D eigenvalue weighted by Gasteiger charge is -2.12. The number of nitrogens with one attached hydrogen (secondary N) is 1. The highest BCUT2D eigenvalue weighted by molar-refractivity contribution is 6.04. The molecule has 0 saturated carbocycles. The van der Waals surface area contributed by atoms with Crippen LogP contribution in [0.3, 0.4) is 0 Å². The summed E-state index contributed by atoms with van der Waals surface area (Å²) < 4.78 is 3.66. The molecule has 0 aliphatic carbocycles. The molecule has 0 aliphatic rings. The van der Waals surface area contributed by atoms with Crippen molar-refractivity contribution in [2.45, 2.75) is 13.5 Å². The van der Waals surface area contributed by atoms with E-state index in [1.807, 2.05) is 83.1 Å². The first kappa shape index (κ1) is 16.8. The Kier molecular flexibility index (Phi) is 4.53. The van der Waals surface area contributed by atoms with Crippen LogP contribution in [0.5, 0.6) is 0 Å². The highest BCUT2D eigenvalue weighted by Crippen LogP contribution is 2.18. The van der Waals surface area contributed by atoms with Gasteiger partial charge in [-0.2, -0.15) is 10.2 Å². The molecule has 1 amide bonds. The van der Waals surface area contributed by atoms with Crippen LogP contribution in [-0.2, 0) is 6.54 Å². The van der Waals surface area contributed by atoms with E-state index in [0.29, 0.717) is 12.1 Å². The van der Waals surface area contributed by atoms with Crippen LogP contribution in [0.4, 0.5) is 5.69 Å². The third kappa shape index (κ3) is 3.64. The van der Waals surface area contributed by atoms with Crippen LogP contribution in [0.25, 0.3) is 5.69 Å². The van der Waals surface area contributed by atoms with Gasteiger partial charge in [0.25, 0.3) is 5.91 Å². The molecule has 2 aromatic carbocycles. The molecule has 0 saturated heterocycles. The number of amides is 1. The van der Waals surface area contributed by atoms with E-state index in [9.17, 15) is 4.79 Å². The summed E-state index contributed by atoms with van der Waals surface area (Å²) in [6.45, 7) is 2.59. The molecule has 0 atom stereocenters. The number of aromatic nitrogens is 4. The van der Waals surface area contributed by atoms with E-state index in [4.69, 9.17) is 0 Å². The predicted molar refractivity (Wildman–Crippen MR) is 104 cm³/mol. The van der Waals surface area contributed by atoms with Gasteiger partial charge >= 0.3 is 0 Å². The van der Waals surface area contributed by atoms with Gasteiger partial charge in [-0.25, -0.2) is 4.68 Å². The molecule has 1 N–H and O–H groups in total. The first-order valence-electron chi connectivity index (χ1n) is 8.68. The minimum Gasteiger partial charge on any atom is -0.322 e. The van der Waals surface area contributed by atoms with Crippen LogP contribution < -0.4 is 5.32 Å². The monoisotopic (exact) mass is 357 g/mol. The summed E-state index contributed by atoms with van der Waals surface area (Å²) in [5.74, 6) is -0.147. The zero-order valence-corrected chi connectivity index (χ0v) is 14.9. The Hall–Kier alpha value is -3.67. The van der Waals surface area contributed by atoms with Crippen LogP contribution in [0.15, 0.2) is 79.3 Å². The van der Waals surface area contributed by atoms with E-state index in [0.717, 1.165) is 22.6 Å². The number of para-hydroxylation sites is 1. The van der Waals surface area contributed by atoms with E-state index in [1.165, 1.54) is 0 Å². The molecule has 0 bridgehead atoms. The Bertz CT molecular complexity index is 1050. The Morgan fingerprint density at radius 3 is 2.48 bits per heavy atom. The third-order valence-electron chi connectivity index (χ3n) is 4.36. The van der Waals surface area contributed by atoms with Gasteiger partial charge in [0.2, 0.25) is 0 Å². The fraction of sp³-hybridized carbons (Fsp3) is 0.0952. The highest BCUT2D eigenvalue weighted by atomic mass is 16.1. The number of nitrogens with zero attached hydrogens (tertiary/aromatic N) is 4. The Balaban J connectivity index is 1.52. The molecular weight excluding hydrogens is 338 g/mol. The van der Waals surface area contributed by atoms with Crippen LogP contribution in [0, 0.1) is 6.92 Å². The van der Waals surface area contributed by atoms with Gasteiger partial charge in [0.15, 0.2) is 0 Å². The molecule has 2 aromatic heterocycles. The van der Waals surface area contributed by atoms with Gasteiger partial charge in [0.1, 0.15) is 0 Å². The molecule has 27 heavy (non-hydrogen) atoms. The molecule has 6 heteroatoms. The van der Waals surface area contributed by atoms with Gasteiger partial charge in [-0.15, -0.1) is 0 Å². The molecule has 134 valence electrons. The number of anilines is 1. The number of benzene rings is 2. The lowest BCUT2D eigenvalue weighted by Crippen LogP contribution is -2.14. The summed E-state index contributed by atoms with van der Waals surface area (Å²) in [5, 5.41) is 11.5. The highest BCUT2D eigenvalue weighted by Gasteiger charge is 2.10. The smallest absolute Gasteiger partial charge is 0.255 e. The average molecular weight is 357 g/mol. The summed E-state index contributed by atoms with van der Waals surface area (Å²) >= 11 is 0. The zero-order valence-electron chi connectivity index (χ0n) is 14.9. The Morgan fingerprint density at radius 2 is 1.78 bits per heavy atom. The zero-order chi connectivity index (χ0) is 18.6. The van der Waals surface area contributed by atoms with Crippen molar-refractivity contribution < 1.29 is 4.79 Å². The summed E-state index contributed by atoms with van der Waals surface area (Å²) in [4.78, 5) is 12.7. The van der Waals surface area contributed by atoms with Gasteiger partial charge in [0, 0.05) is 35.5 Å². The number of aryl methyl sites for hydroxylation is 1. The quantitative estimate of drug-likeness (QED) is 0.593. The number of hydrogen-bond acceptors (Lipinski definition) is 3. The van der Waals surface area contributed by atoms with Crippen molar-refractivity contribution >= 4 is 11.6 Å². The SMILES string of the molecule is Cc1ccnn1-c1ccc(C(=O)Nc2ccccc2Cn2cccn2)cc1. The number of rotatable bonds is 5. The molecule has 0 fully saturated rings. The second kappa shape index (κ2) is 7.29. The third-order valence-corrected chi connectivity index (χ3v) is 4.36. The van der Waals surface area contributed by atoms with Crippen molar-refractivity contribution in [3.63, 3.8) is 0 Å². The largest absolute Gasteiger partial charge is 0.322 e. The van der Waals surface area contributed by atoms with Crippen molar-refractivity contribution in [2.75, 3.05) is 5.32 Å². The lowest BCUT2D eigenvalue weighted by molar-refractivity contribution is 0.102. The maximum Gasteiger partial charge on any atom is 0.255 e. The molecule has 0 aliphatic heterocycles. The van der Waals surface area contributed by atoms with Gasteiger partial charge in [-0.05, 0) is 55.0 Å². The van der Waals surface area contributed by atoms with Gasteiger partial charge in [-0.3, -0.25) is 9.48 Å². The molecule has 0 radical (unpaired) electrons. The first-order valence-corrected chi connectivity index (χ1v) is 8.68. The summed E-state index contributed by atoms with van der Waals surface area (Å²) in [6, 6.07) is 19.0. The number of carbonyl (C=O) groups is 1. The maximum atomic E-state index is 12.7. The maximum absolute atomic E-state index is 12.7. The van der Waals surface area contributed by atoms with Crippen molar-refractivity contribution in [3.8, 4) is 5.69 Å². The molecular formula is C21H19N5O. The van der Waals surface area contributed by atoms with Crippen molar-refractivity contribution in [2.24, 2.45) is 0 Å². The standard InChI is InChI=1S/C21H19N5O/c1-16-11-13-23-26(16)19-9-7-17(8-10-19)21(27)24-20-6-3-2-5-18(20)15-25-14-4-12-22-25/h2-14H,15H2,1H3,(H,24,27). The van der Waals surface area contributed by atoms with Gasteiger partial charge in [0.05, 0.1) is 12.2 Å². The molecule has 4 rings (SSSR count). The molecule has 2 heterocycles. The normalized spacial score (nSPS) is 10.7. The lowest BCUT2D eigenvalue weighted by atomic mass is 10.1. The number of carbonyl (C=O) groups excluding carboxylic acids is 1. The minimum atomic E-state index is -0.147. The molecule has 4 aromatic rings. The second-order valence-corrected chi connectivity index (χ2v) is 6.25. The number of hydrogen-bond donors (Lipinski definition) is 1. The fourth-order valence-corrected chi connectivity index (χ4v) is 2.94. The van der Waals surface area contributed by atoms with E-state index in [-0.39, 0.29) is 5.91 Å². The van der Waals surface area contributed by atoms with Crippen LogP contribution >= 0.6 is 0 Å². The minimum absolute atomic E-state index is 0.147. The Morgan fingerprint density at radius 1 is 0.963 bits per heavy atom. The molecule has 0 spiro atoms. The Labute approximate surface area is 157 Å². The van der Waals surface area contributed by atoms with Crippen molar-refractivity contribution in [1.82, 2.24) is 19.6 Å². The van der Waals surface area contributed by atoms with E-state index >= 15 is 0 Å². The van der Waals surface area contributed by atoms with Gasteiger partial charge in [-0.1, -0.05) is 18.2 Å². The molecule has 6 nitrogen and oxygen atoms in total. The fourth-order valence-electron chi connectivity index (χ4n) is 2.94. The summed E-state index contributed by atoms with van der Waals surface area (Å²) in [5.41, 5.74) is 4.34. The van der Waals surface area contributed by atoms with E-state index < -0.39 is 0 Å². The van der Waals surface area contributed by atoms with E-state index in [2.05, 4.69) is 15.5 Å². The predicted octanol–water partition coefficient (Wildman–Crippen LogP) is 3.68. The topological polar surface area (TPSA) is 64.7 Å². The van der Waals surface area contributed by atoms with Crippen LogP contribution in [0.1, 0.15) is 21.6 Å². The van der Waals surface area contributed by atoms with Crippen molar-refractivity contribution in [1.29, 1.82) is 0 Å². The van der Waals surface area contributed by atoms with Crippen LogP contribution in [0.2, 0.25) is 0 Å². The average Bonchev–Trinajstić information content (AvgIpc) is 3.35. The van der Waals surface area contributed by atoms with E-state index in [1.54, 1.807) is 12.4 Å². The summed E-state index contributed by atoms with van der Waals surface area (Å²) in [6.07, 6.45) is 5.39. The van der Waals surface area contributed by atoms with Crippen molar-refractivity contribution in [3.05, 3.63) is 96.1 Å². The van der Waals surface area contributed by atoms with Gasteiger partial charge < -0.3 is 5.32 Å².